The lowest BCUT2D eigenvalue weighted by molar-refractivity contribution is -0.150. The van der Waals surface area contributed by atoms with E-state index in [0.29, 0.717) is 12.8 Å². The van der Waals surface area contributed by atoms with Crippen LogP contribution < -0.4 is 0 Å². The van der Waals surface area contributed by atoms with Gasteiger partial charge < -0.3 is 9.53 Å². The van der Waals surface area contributed by atoms with E-state index in [0.717, 1.165) is 32.0 Å². The molecule has 0 fully saturated rings. The molecule has 0 saturated heterocycles. The summed E-state index contributed by atoms with van der Waals surface area (Å²) in [5.74, 6) is -0.122. The topological polar surface area (TPSA) is 43.4 Å². The minimum atomic E-state index is -0.204. The van der Waals surface area contributed by atoms with Gasteiger partial charge in [0.15, 0.2) is 0 Å². The Labute approximate surface area is 156 Å². The third kappa shape index (κ3) is 17.7. The standard InChI is InChI=1S/C22H42O3/c1-3-5-7-9-10-11-12-14-16-18-22(24)25-21(19-20-23)17-15-13-8-6-4-2/h20-21H,3-19H2,1-2H3. The van der Waals surface area contributed by atoms with Crippen LogP contribution in [0.25, 0.3) is 0 Å². The molecule has 1 unspecified atom stereocenters. The highest BCUT2D eigenvalue weighted by atomic mass is 16.5. The fourth-order valence-electron chi connectivity index (χ4n) is 3.13. The van der Waals surface area contributed by atoms with Crippen molar-refractivity contribution in [2.24, 2.45) is 0 Å². The first kappa shape index (κ1) is 24.1. The Morgan fingerprint density at radius 1 is 0.760 bits per heavy atom. The van der Waals surface area contributed by atoms with Gasteiger partial charge in [-0.1, -0.05) is 90.9 Å². The number of rotatable bonds is 19. The number of hydrogen-bond donors (Lipinski definition) is 0. The molecule has 148 valence electrons. The van der Waals surface area contributed by atoms with E-state index in [4.69, 9.17) is 4.74 Å². The van der Waals surface area contributed by atoms with Gasteiger partial charge >= 0.3 is 5.97 Å². The molecule has 0 N–H and O–H groups in total. The van der Waals surface area contributed by atoms with Crippen molar-refractivity contribution in [3.05, 3.63) is 0 Å². The Morgan fingerprint density at radius 2 is 1.24 bits per heavy atom. The Morgan fingerprint density at radius 3 is 1.76 bits per heavy atom. The monoisotopic (exact) mass is 354 g/mol. The van der Waals surface area contributed by atoms with Crippen molar-refractivity contribution < 1.29 is 14.3 Å². The van der Waals surface area contributed by atoms with Crippen LogP contribution in [0.4, 0.5) is 0 Å². The summed E-state index contributed by atoms with van der Waals surface area (Å²) in [7, 11) is 0. The van der Waals surface area contributed by atoms with Crippen molar-refractivity contribution in [3.8, 4) is 0 Å². The molecule has 3 nitrogen and oxygen atoms in total. The lowest BCUT2D eigenvalue weighted by Crippen LogP contribution is -2.18. The number of ether oxygens (including phenoxy) is 1. The molecule has 0 rings (SSSR count). The van der Waals surface area contributed by atoms with Crippen molar-refractivity contribution >= 4 is 12.3 Å². The molecule has 0 aliphatic carbocycles. The third-order valence-electron chi connectivity index (χ3n) is 4.77. The van der Waals surface area contributed by atoms with Crippen molar-refractivity contribution in [1.82, 2.24) is 0 Å². The normalized spacial score (nSPS) is 12.1. The molecule has 0 aromatic carbocycles. The Bertz CT molecular complexity index is 302. The molecule has 0 aliphatic heterocycles. The molecular formula is C22H42O3. The predicted octanol–water partition coefficient (Wildman–Crippen LogP) is 6.77. The highest BCUT2D eigenvalue weighted by molar-refractivity contribution is 5.69. The van der Waals surface area contributed by atoms with E-state index < -0.39 is 0 Å². The van der Waals surface area contributed by atoms with Gasteiger partial charge in [0.25, 0.3) is 0 Å². The summed E-state index contributed by atoms with van der Waals surface area (Å²) >= 11 is 0. The average Bonchev–Trinajstić information content (AvgIpc) is 2.60. The first-order chi connectivity index (χ1) is 12.2. The van der Waals surface area contributed by atoms with Crippen LogP contribution in [-0.4, -0.2) is 18.4 Å². The Kier molecular flexibility index (Phi) is 18.8. The SMILES string of the molecule is CCCCCCCCCCCC(=O)OC(CC=O)CCCCCCC. The fourth-order valence-corrected chi connectivity index (χ4v) is 3.13. The maximum atomic E-state index is 11.9. The number of esters is 1. The van der Waals surface area contributed by atoms with Gasteiger partial charge in [0.2, 0.25) is 0 Å². The maximum Gasteiger partial charge on any atom is 0.306 e. The van der Waals surface area contributed by atoms with Gasteiger partial charge in [-0.15, -0.1) is 0 Å². The van der Waals surface area contributed by atoms with Gasteiger partial charge in [-0.05, 0) is 19.3 Å². The van der Waals surface area contributed by atoms with Crippen LogP contribution in [0.3, 0.4) is 0 Å². The van der Waals surface area contributed by atoms with E-state index in [1.165, 1.54) is 70.6 Å². The van der Waals surface area contributed by atoms with Gasteiger partial charge in [-0.3, -0.25) is 4.79 Å². The van der Waals surface area contributed by atoms with Gasteiger partial charge in [-0.2, -0.15) is 0 Å². The first-order valence-electron chi connectivity index (χ1n) is 10.9. The minimum absolute atomic E-state index is 0.122. The van der Waals surface area contributed by atoms with Gasteiger partial charge in [0, 0.05) is 12.8 Å². The minimum Gasteiger partial charge on any atom is -0.462 e. The van der Waals surface area contributed by atoms with E-state index in [2.05, 4.69) is 13.8 Å². The summed E-state index contributed by atoms with van der Waals surface area (Å²) in [6.45, 7) is 4.44. The zero-order valence-corrected chi connectivity index (χ0v) is 16.9. The van der Waals surface area contributed by atoms with Crippen molar-refractivity contribution in [2.75, 3.05) is 0 Å². The molecule has 0 radical (unpaired) electrons. The second kappa shape index (κ2) is 19.5. The fraction of sp³-hybridized carbons (Fsp3) is 0.909. The number of hydrogen-bond acceptors (Lipinski definition) is 3. The van der Waals surface area contributed by atoms with Crippen molar-refractivity contribution in [3.63, 3.8) is 0 Å². The molecule has 0 spiro atoms. The molecule has 0 saturated carbocycles. The smallest absolute Gasteiger partial charge is 0.306 e. The second-order valence-electron chi connectivity index (χ2n) is 7.30. The van der Waals surface area contributed by atoms with Gasteiger partial charge in [0.05, 0.1) is 0 Å². The molecule has 0 bridgehead atoms. The lowest BCUT2D eigenvalue weighted by atomic mass is 10.1. The molecule has 0 aliphatic rings. The largest absolute Gasteiger partial charge is 0.462 e. The second-order valence-corrected chi connectivity index (χ2v) is 7.30. The molecule has 3 heteroatoms. The zero-order chi connectivity index (χ0) is 18.6. The van der Waals surface area contributed by atoms with E-state index in [-0.39, 0.29) is 12.1 Å². The van der Waals surface area contributed by atoms with Crippen LogP contribution in [0.2, 0.25) is 0 Å². The molecule has 0 aromatic rings. The summed E-state index contributed by atoms with van der Waals surface area (Å²) in [6.07, 6.45) is 19.5. The van der Waals surface area contributed by atoms with Crippen LogP contribution >= 0.6 is 0 Å². The molecule has 0 heterocycles. The number of aldehydes is 1. The Hall–Kier alpha value is -0.860. The highest BCUT2D eigenvalue weighted by Crippen LogP contribution is 2.14. The van der Waals surface area contributed by atoms with Crippen molar-refractivity contribution in [1.29, 1.82) is 0 Å². The average molecular weight is 355 g/mol. The zero-order valence-electron chi connectivity index (χ0n) is 16.9. The number of carbonyl (C=O) groups excluding carboxylic acids is 2. The number of carbonyl (C=O) groups is 2. The van der Waals surface area contributed by atoms with E-state index in [1.54, 1.807) is 0 Å². The van der Waals surface area contributed by atoms with Crippen molar-refractivity contribution in [2.45, 2.75) is 129 Å². The molecule has 0 amide bonds. The van der Waals surface area contributed by atoms with Crippen LogP contribution in [-0.2, 0) is 14.3 Å². The van der Waals surface area contributed by atoms with E-state index in [1.807, 2.05) is 0 Å². The maximum absolute atomic E-state index is 11.9. The highest BCUT2D eigenvalue weighted by Gasteiger charge is 2.13. The Balaban J connectivity index is 3.62. The van der Waals surface area contributed by atoms with Gasteiger partial charge in [-0.25, -0.2) is 0 Å². The summed E-state index contributed by atoms with van der Waals surface area (Å²) < 4.78 is 5.50. The van der Waals surface area contributed by atoms with Crippen LogP contribution in [0.15, 0.2) is 0 Å². The summed E-state index contributed by atoms with van der Waals surface area (Å²) in [5, 5.41) is 0. The van der Waals surface area contributed by atoms with E-state index >= 15 is 0 Å². The molecule has 1 atom stereocenters. The number of unbranched alkanes of at least 4 members (excludes halogenated alkanes) is 12. The first-order valence-corrected chi connectivity index (χ1v) is 10.9. The molecular weight excluding hydrogens is 312 g/mol. The van der Waals surface area contributed by atoms with Crippen LogP contribution in [0, 0.1) is 0 Å². The predicted molar refractivity (Wildman–Crippen MR) is 106 cm³/mol. The van der Waals surface area contributed by atoms with Crippen LogP contribution in [0.1, 0.15) is 123 Å². The van der Waals surface area contributed by atoms with E-state index in [9.17, 15) is 9.59 Å². The lowest BCUT2D eigenvalue weighted by Gasteiger charge is -2.15. The summed E-state index contributed by atoms with van der Waals surface area (Å²) in [4.78, 5) is 22.7. The summed E-state index contributed by atoms with van der Waals surface area (Å²) in [5.41, 5.74) is 0. The summed E-state index contributed by atoms with van der Waals surface area (Å²) in [6, 6.07) is 0. The van der Waals surface area contributed by atoms with Crippen LogP contribution in [0.5, 0.6) is 0 Å². The molecule has 0 aromatic heterocycles. The third-order valence-corrected chi connectivity index (χ3v) is 4.77. The molecule has 25 heavy (non-hydrogen) atoms. The van der Waals surface area contributed by atoms with Gasteiger partial charge in [0.1, 0.15) is 12.4 Å². The quantitative estimate of drug-likeness (QED) is 0.146.